The Morgan fingerprint density at radius 2 is 1.50 bits per heavy atom. The van der Waals surface area contributed by atoms with E-state index in [9.17, 15) is 30.7 Å². The molecule has 0 atom stereocenters. The van der Waals surface area contributed by atoms with Gasteiger partial charge in [0, 0.05) is 29.0 Å². The Balaban J connectivity index is 1.42. The van der Waals surface area contributed by atoms with Crippen molar-refractivity contribution in [3.63, 3.8) is 0 Å². The van der Waals surface area contributed by atoms with E-state index in [4.69, 9.17) is 19.3 Å². The summed E-state index contributed by atoms with van der Waals surface area (Å²) in [6, 6.07) is 5.87. The summed E-state index contributed by atoms with van der Waals surface area (Å²) in [6.07, 6.45) is -6.22. The molecule has 0 saturated carbocycles. The molecule has 1 N–H and O–H groups in total. The van der Waals surface area contributed by atoms with Gasteiger partial charge in [-0.05, 0) is 17.5 Å². The van der Waals surface area contributed by atoms with E-state index in [0.29, 0.717) is 23.8 Å². The highest BCUT2D eigenvalue weighted by Crippen LogP contribution is 2.36. The third-order valence-corrected chi connectivity index (χ3v) is 4.91. The predicted octanol–water partition coefficient (Wildman–Crippen LogP) is 5.74. The van der Waals surface area contributed by atoms with E-state index in [1.807, 2.05) is 0 Å². The Bertz CT molecular complexity index is 1180. The summed E-state index contributed by atoms with van der Waals surface area (Å²) < 4.78 is 113. The number of phenols is 1. The fourth-order valence-corrected chi connectivity index (χ4v) is 3.40. The van der Waals surface area contributed by atoms with Crippen LogP contribution in [0.4, 0.5) is 30.7 Å². The number of aromatic hydroxyl groups is 1. The lowest BCUT2D eigenvalue weighted by molar-refractivity contribution is -0.276. The summed E-state index contributed by atoms with van der Waals surface area (Å²) in [5.74, 6) is -8.41. The fourth-order valence-electron chi connectivity index (χ4n) is 3.40. The summed E-state index contributed by atoms with van der Waals surface area (Å²) in [5.41, 5.74) is 0.339. The van der Waals surface area contributed by atoms with Crippen molar-refractivity contribution in [2.45, 2.75) is 12.7 Å². The maximum Gasteiger partial charge on any atom is 0.573 e. The Kier molecular flexibility index (Phi) is 6.45. The van der Waals surface area contributed by atoms with Gasteiger partial charge in [-0.1, -0.05) is 12.1 Å². The average molecular weight is 492 g/mol. The van der Waals surface area contributed by atoms with E-state index in [2.05, 4.69) is 4.74 Å². The molecule has 182 valence electrons. The van der Waals surface area contributed by atoms with Gasteiger partial charge in [-0.25, -0.2) is 17.6 Å². The standard InChI is InChI=1S/C22H15F7O5/c23-15-4-12-3-11(1-2-14(12)18(26)20(15)34-22(27,28)29)21-32-8-10(9-33-21)7-31-19-16(24)5-13(30)6-17(19)25/h1-6,10,21,30H,7-9H2. The van der Waals surface area contributed by atoms with E-state index in [-0.39, 0.29) is 30.6 Å². The van der Waals surface area contributed by atoms with Crippen molar-refractivity contribution in [2.75, 3.05) is 19.8 Å². The van der Waals surface area contributed by atoms with Crippen molar-refractivity contribution >= 4 is 10.8 Å². The summed E-state index contributed by atoms with van der Waals surface area (Å²) in [4.78, 5) is 0. The lowest BCUT2D eigenvalue weighted by Gasteiger charge is -2.29. The molecule has 1 fully saturated rings. The Morgan fingerprint density at radius 3 is 2.12 bits per heavy atom. The first-order chi connectivity index (χ1) is 16.0. The topological polar surface area (TPSA) is 57.2 Å². The molecule has 1 aliphatic heterocycles. The number of phenolic OH excluding ortho intramolecular Hbond substituents is 1. The predicted molar refractivity (Wildman–Crippen MR) is 102 cm³/mol. The molecule has 34 heavy (non-hydrogen) atoms. The van der Waals surface area contributed by atoms with Crippen LogP contribution in [0.15, 0.2) is 36.4 Å². The van der Waals surface area contributed by atoms with Gasteiger partial charge in [0.2, 0.25) is 5.75 Å². The first kappa shape index (κ1) is 23.9. The first-order valence-corrected chi connectivity index (χ1v) is 9.73. The Hall–Kier alpha value is -3.25. The third kappa shape index (κ3) is 5.12. The second-order valence-corrected chi connectivity index (χ2v) is 7.44. The van der Waals surface area contributed by atoms with Crippen molar-refractivity contribution < 1.29 is 54.8 Å². The monoisotopic (exact) mass is 492 g/mol. The van der Waals surface area contributed by atoms with E-state index in [0.717, 1.165) is 6.07 Å². The molecule has 0 bridgehead atoms. The molecule has 4 rings (SSSR count). The highest BCUT2D eigenvalue weighted by molar-refractivity contribution is 5.85. The third-order valence-electron chi connectivity index (χ3n) is 4.91. The van der Waals surface area contributed by atoms with Crippen molar-refractivity contribution in [1.29, 1.82) is 0 Å². The minimum absolute atomic E-state index is 0.0436. The molecule has 5 nitrogen and oxygen atoms in total. The summed E-state index contributed by atoms with van der Waals surface area (Å²) >= 11 is 0. The number of benzene rings is 3. The molecule has 1 heterocycles. The second kappa shape index (κ2) is 9.18. The van der Waals surface area contributed by atoms with Crippen molar-refractivity contribution in [3.05, 3.63) is 65.2 Å². The number of ether oxygens (including phenoxy) is 4. The van der Waals surface area contributed by atoms with Gasteiger partial charge in [-0.2, -0.15) is 0 Å². The van der Waals surface area contributed by atoms with Gasteiger partial charge in [-0.15, -0.1) is 13.2 Å². The van der Waals surface area contributed by atoms with Crippen LogP contribution in [0.3, 0.4) is 0 Å². The SMILES string of the molecule is Oc1cc(F)c(OCC2COC(c3ccc4c(F)c(OC(F)(F)F)c(F)cc4c3)OC2)c(F)c1. The smallest absolute Gasteiger partial charge is 0.508 e. The quantitative estimate of drug-likeness (QED) is 0.461. The van der Waals surface area contributed by atoms with Crippen LogP contribution in [0.1, 0.15) is 11.9 Å². The van der Waals surface area contributed by atoms with Crippen LogP contribution < -0.4 is 9.47 Å². The Morgan fingerprint density at radius 1 is 0.882 bits per heavy atom. The van der Waals surface area contributed by atoms with Crippen molar-refractivity contribution in [3.8, 4) is 17.2 Å². The molecule has 3 aromatic rings. The maximum absolute atomic E-state index is 14.4. The van der Waals surface area contributed by atoms with Gasteiger partial charge >= 0.3 is 6.36 Å². The van der Waals surface area contributed by atoms with Crippen molar-refractivity contribution in [1.82, 2.24) is 0 Å². The van der Waals surface area contributed by atoms with Crippen molar-refractivity contribution in [2.24, 2.45) is 5.92 Å². The average Bonchev–Trinajstić information content (AvgIpc) is 2.75. The van der Waals surface area contributed by atoms with Gasteiger partial charge in [-0.3, -0.25) is 0 Å². The van der Waals surface area contributed by atoms with Gasteiger partial charge in [0.15, 0.2) is 35.3 Å². The van der Waals surface area contributed by atoms with Crippen LogP contribution in [0.25, 0.3) is 10.8 Å². The number of alkyl halides is 3. The highest BCUT2D eigenvalue weighted by atomic mass is 19.4. The summed E-state index contributed by atoms with van der Waals surface area (Å²) in [7, 11) is 0. The van der Waals surface area contributed by atoms with Crippen LogP contribution in [0.5, 0.6) is 17.2 Å². The van der Waals surface area contributed by atoms with E-state index < -0.39 is 59.1 Å². The number of hydrogen-bond donors (Lipinski definition) is 1. The molecule has 1 saturated heterocycles. The molecule has 0 radical (unpaired) electrons. The largest absolute Gasteiger partial charge is 0.573 e. The molecule has 3 aromatic carbocycles. The lowest BCUT2D eigenvalue weighted by atomic mass is 10.0. The first-order valence-electron chi connectivity index (χ1n) is 9.73. The summed E-state index contributed by atoms with van der Waals surface area (Å²) in [6.45, 7) is -0.0717. The number of fused-ring (bicyclic) bond motifs is 1. The van der Waals surface area contributed by atoms with Crippen LogP contribution in [0.2, 0.25) is 0 Å². The summed E-state index contributed by atoms with van der Waals surface area (Å²) in [5, 5.41) is 8.81. The molecule has 0 amide bonds. The molecular formula is C22H15F7O5. The van der Waals surface area contributed by atoms with E-state index in [1.54, 1.807) is 0 Å². The molecule has 0 aliphatic carbocycles. The number of halogens is 7. The molecule has 1 aliphatic rings. The lowest BCUT2D eigenvalue weighted by Crippen LogP contribution is -2.31. The van der Waals surface area contributed by atoms with Crippen LogP contribution in [-0.4, -0.2) is 31.3 Å². The van der Waals surface area contributed by atoms with E-state index >= 15 is 0 Å². The van der Waals surface area contributed by atoms with Crippen LogP contribution in [-0.2, 0) is 9.47 Å². The molecule has 0 aromatic heterocycles. The second-order valence-electron chi connectivity index (χ2n) is 7.44. The highest BCUT2D eigenvalue weighted by Gasteiger charge is 2.35. The Labute approximate surface area is 187 Å². The minimum Gasteiger partial charge on any atom is -0.508 e. The zero-order valence-electron chi connectivity index (χ0n) is 17.0. The number of hydrogen-bond acceptors (Lipinski definition) is 5. The molecule has 12 heteroatoms. The fraction of sp³-hybridized carbons (Fsp3) is 0.273. The van der Waals surface area contributed by atoms with Gasteiger partial charge in [0.1, 0.15) is 5.75 Å². The molecule has 0 unspecified atom stereocenters. The van der Waals surface area contributed by atoms with Gasteiger partial charge in [0.25, 0.3) is 0 Å². The van der Waals surface area contributed by atoms with Gasteiger partial charge < -0.3 is 24.1 Å². The molecule has 0 spiro atoms. The van der Waals surface area contributed by atoms with E-state index in [1.165, 1.54) is 12.1 Å². The normalized spacial score (nSPS) is 18.8. The van der Waals surface area contributed by atoms with Crippen LogP contribution >= 0.6 is 0 Å². The number of rotatable bonds is 5. The van der Waals surface area contributed by atoms with Crippen LogP contribution in [0, 0.1) is 29.2 Å². The zero-order chi connectivity index (χ0) is 24.6. The van der Waals surface area contributed by atoms with Gasteiger partial charge in [0.05, 0.1) is 19.8 Å². The zero-order valence-corrected chi connectivity index (χ0v) is 17.0. The molecular weight excluding hydrogens is 477 g/mol. The maximum atomic E-state index is 14.4. The minimum atomic E-state index is -5.26.